The Morgan fingerprint density at radius 2 is 0.812 bits per heavy atom. The maximum absolute atomic E-state index is 12.4. The summed E-state index contributed by atoms with van der Waals surface area (Å²) in [6.45, 7) is 0. The van der Waals surface area contributed by atoms with Crippen molar-refractivity contribution in [3.05, 3.63) is 23.7 Å². The van der Waals surface area contributed by atoms with Crippen molar-refractivity contribution < 1.29 is 19.1 Å². The third-order valence-corrected chi connectivity index (χ3v) is 6.52. The highest BCUT2D eigenvalue weighted by molar-refractivity contribution is 5.78. The van der Waals surface area contributed by atoms with E-state index in [-0.39, 0.29) is 24.8 Å². The van der Waals surface area contributed by atoms with Crippen molar-refractivity contribution in [2.24, 2.45) is 0 Å². The van der Waals surface area contributed by atoms with E-state index in [0.717, 1.165) is 62.9 Å². The van der Waals surface area contributed by atoms with Crippen LogP contribution in [0.25, 0.3) is 0 Å². The number of carbonyl (C=O) groups is 2. The summed E-state index contributed by atoms with van der Waals surface area (Å²) < 4.78 is 11.3. The molecule has 0 fully saturated rings. The minimum atomic E-state index is -0.312. The maximum atomic E-state index is 12.4. The number of esters is 2. The summed E-state index contributed by atoms with van der Waals surface area (Å²) >= 11 is 0. The van der Waals surface area contributed by atoms with E-state index in [1.165, 1.54) is 77.0 Å². The number of carbonyl (C=O) groups excluding carboxylic acids is 2. The summed E-state index contributed by atoms with van der Waals surface area (Å²) in [4.78, 5) is 24.7. The monoisotopic (exact) mass is 446 g/mol. The van der Waals surface area contributed by atoms with Gasteiger partial charge in [0.15, 0.2) is 0 Å². The molecule has 2 aliphatic rings. The van der Waals surface area contributed by atoms with Crippen molar-refractivity contribution >= 4 is 11.9 Å². The molecule has 0 saturated heterocycles. The molecule has 0 unspecified atom stereocenters. The average Bonchev–Trinajstić information content (AvgIpc) is 2.76. The molecule has 0 amide bonds. The van der Waals surface area contributed by atoms with Crippen LogP contribution in [0.5, 0.6) is 0 Å². The fourth-order valence-electron chi connectivity index (χ4n) is 4.52. The van der Waals surface area contributed by atoms with Crippen LogP contribution in [-0.4, -0.2) is 11.9 Å². The zero-order chi connectivity index (χ0) is 22.7. The van der Waals surface area contributed by atoms with Crippen LogP contribution in [0.3, 0.4) is 0 Å². The lowest BCUT2D eigenvalue weighted by Gasteiger charge is -2.12. The smallest absolute Gasteiger partial charge is 0.311 e. The van der Waals surface area contributed by atoms with E-state index in [4.69, 9.17) is 9.47 Å². The molecule has 0 aromatic heterocycles. The van der Waals surface area contributed by atoms with E-state index in [0.29, 0.717) is 0 Å². The molecule has 182 valence electrons. The van der Waals surface area contributed by atoms with E-state index < -0.39 is 0 Å². The van der Waals surface area contributed by atoms with Crippen LogP contribution in [0.1, 0.15) is 141 Å². The summed E-state index contributed by atoms with van der Waals surface area (Å²) in [5.74, 6) is 0.970. The molecular formula is C28H46O4. The highest BCUT2D eigenvalue weighted by Crippen LogP contribution is 2.20. The Morgan fingerprint density at radius 1 is 0.500 bits per heavy atom. The van der Waals surface area contributed by atoms with E-state index in [2.05, 4.69) is 12.2 Å². The number of ether oxygens (including phenoxy) is 2. The van der Waals surface area contributed by atoms with Crippen LogP contribution in [0.15, 0.2) is 23.7 Å². The fraction of sp³-hybridized carbons (Fsp3) is 0.786. The first kappa shape index (κ1) is 26.7. The van der Waals surface area contributed by atoms with E-state index in [1.54, 1.807) is 0 Å². The van der Waals surface area contributed by atoms with Crippen molar-refractivity contribution in [3.8, 4) is 0 Å². The maximum Gasteiger partial charge on any atom is 0.311 e. The highest BCUT2D eigenvalue weighted by atomic mass is 16.5. The molecule has 4 heteroatoms. The summed E-state index contributed by atoms with van der Waals surface area (Å²) in [6, 6.07) is 0. The van der Waals surface area contributed by atoms with Crippen LogP contribution in [-0.2, 0) is 19.1 Å². The van der Waals surface area contributed by atoms with E-state index in [9.17, 15) is 9.59 Å². The number of allylic oxidation sites excluding steroid dienone is 4. The van der Waals surface area contributed by atoms with Gasteiger partial charge in [-0.25, -0.2) is 0 Å². The van der Waals surface area contributed by atoms with Gasteiger partial charge in [0, 0.05) is 12.8 Å². The molecule has 0 aromatic rings. The minimum Gasteiger partial charge on any atom is -0.431 e. The Kier molecular flexibility index (Phi) is 14.9. The second kappa shape index (κ2) is 17.9. The van der Waals surface area contributed by atoms with E-state index >= 15 is 0 Å². The van der Waals surface area contributed by atoms with Crippen LogP contribution in [0, 0.1) is 0 Å². The number of hydrogen-bond acceptors (Lipinski definition) is 4. The highest BCUT2D eigenvalue weighted by Gasteiger charge is 2.14. The molecule has 0 saturated carbocycles. The molecule has 0 bridgehead atoms. The van der Waals surface area contributed by atoms with Gasteiger partial charge >= 0.3 is 11.9 Å². The minimum absolute atomic E-state index is 0.0868. The Balaban J connectivity index is 1.73. The van der Waals surface area contributed by atoms with Gasteiger partial charge < -0.3 is 9.47 Å². The molecular weight excluding hydrogens is 400 g/mol. The van der Waals surface area contributed by atoms with Crippen molar-refractivity contribution in [3.63, 3.8) is 0 Å². The summed E-state index contributed by atoms with van der Waals surface area (Å²) in [6.07, 6.45) is 27.7. The molecule has 0 heterocycles. The summed E-state index contributed by atoms with van der Waals surface area (Å²) in [7, 11) is 0. The molecule has 0 aliphatic heterocycles. The predicted molar refractivity (Wildman–Crippen MR) is 130 cm³/mol. The Labute approximate surface area is 196 Å². The quantitative estimate of drug-likeness (QED) is 0.397. The summed E-state index contributed by atoms with van der Waals surface area (Å²) in [5.41, 5.74) is 0. The molecule has 2 rings (SSSR count). The van der Waals surface area contributed by atoms with Gasteiger partial charge in [0.25, 0.3) is 0 Å². The lowest BCUT2D eigenvalue weighted by Crippen LogP contribution is -2.11. The Bertz CT molecular complexity index is 538. The lowest BCUT2D eigenvalue weighted by atomic mass is 10.0. The predicted octanol–water partition coefficient (Wildman–Crippen LogP) is 8.45. The average molecular weight is 447 g/mol. The summed E-state index contributed by atoms with van der Waals surface area (Å²) in [5, 5.41) is 0. The van der Waals surface area contributed by atoms with Gasteiger partial charge in [-0.05, 0) is 50.7 Å². The van der Waals surface area contributed by atoms with Crippen molar-refractivity contribution in [2.75, 3.05) is 0 Å². The molecule has 32 heavy (non-hydrogen) atoms. The first-order valence-electron chi connectivity index (χ1n) is 13.5. The van der Waals surface area contributed by atoms with Gasteiger partial charge in [0.05, 0.1) is 12.8 Å². The van der Waals surface area contributed by atoms with Gasteiger partial charge in [-0.1, -0.05) is 77.0 Å². The SMILES string of the molecule is O=C(CCC(=O)OC1=CCCCCCCCCCC1)OC1=CCCCCCCCCCC1. The van der Waals surface area contributed by atoms with Crippen molar-refractivity contribution in [1.29, 1.82) is 0 Å². The molecule has 4 nitrogen and oxygen atoms in total. The molecule has 0 N–H and O–H groups in total. The number of hydrogen-bond donors (Lipinski definition) is 0. The fourth-order valence-corrected chi connectivity index (χ4v) is 4.52. The molecule has 0 atom stereocenters. The van der Waals surface area contributed by atoms with Gasteiger partial charge in [0.1, 0.15) is 11.5 Å². The zero-order valence-corrected chi connectivity index (χ0v) is 20.3. The van der Waals surface area contributed by atoms with Crippen LogP contribution >= 0.6 is 0 Å². The zero-order valence-electron chi connectivity index (χ0n) is 20.3. The van der Waals surface area contributed by atoms with Gasteiger partial charge in [-0.15, -0.1) is 0 Å². The van der Waals surface area contributed by atoms with Gasteiger partial charge in [-0.2, -0.15) is 0 Å². The van der Waals surface area contributed by atoms with Gasteiger partial charge in [-0.3, -0.25) is 9.59 Å². The van der Waals surface area contributed by atoms with Crippen LogP contribution in [0.4, 0.5) is 0 Å². The first-order valence-corrected chi connectivity index (χ1v) is 13.5. The third kappa shape index (κ3) is 13.8. The normalized spacial score (nSPS) is 20.8. The Morgan fingerprint density at radius 3 is 1.19 bits per heavy atom. The molecule has 0 spiro atoms. The molecule has 0 radical (unpaired) electrons. The second-order valence-electron chi connectivity index (χ2n) is 9.52. The first-order chi connectivity index (χ1) is 15.7. The standard InChI is InChI=1S/C28H46O4/c29-27(31-25-19-15-11-7-3-1-4-8-12-16-20-25)23-24-28(30)32-26-21-17-13-9-5-2-6-10-14-18-22-26/h19,21H,1-18,20,22-24H2. The third-order valence-electron chi connectivity index (χ3n) is 6.52. The van der Waals surface area contributed by atoms with Gasteiger partial charge in [0.2, 0.25) is 0 Å². The van der Waals surface area contributed by atoms with Crippen molar-refractivity contribution in [2.45, 2.75) is 141 Å². The topological polar surface area (TPSA) is 52.6 Å². The van der Waals surface area contributed by atoms with E-state index in [1.807, 2.05) is 0 Å². The van der Waals surface area contributed by atoms with Crippen molar-refractivity contribution in [1.82, 2.24) is 0 Å². The molecule has 0 aromatic carbocycles. The Hall–Kier alpha value is -1.58. The lowest BCUT2D eigenvalue weighted by molar-refractivity contribution is -0.146. The largest absolute Gasteiger partial charge is 0.431 e. The molecule has 2 aliphatic carbocycles. The van der Waals surface area contributed by atoms with Crippen LogP contribution < -0.4 is 0 Å². The number of rotatable bonds is 5. The van der Waals surface area contributed by atoms with Crippen LogP contribution in [0.2, 0.25) is 0 Å². The second-order valence-corrected chi connectivity index (χ2v) is 9.52.